The van der Waals surface area contributed by atoms with E-state index in [4.69, 9.17) is 15.2 Å². The summed E-state index contributed by atoms with van der Waals surface area (Å²) >= 11 is 0. The van der Waals surface area contributed by atoms with Gasteiger partial charge in [0.05, 0.1) is 7.11 Å². The van der Waals surface area contributed by atoms with E-state index in [9.17, 15) is 4.79 Å². The first-order valence-corrected chi connectivity index (χ1v) is 6.55. The quantitative estimate of drug-likeness (QED) is 0.818. The van der Waals surface area contributed by atoms with Gasteiger partial charge in [0.15, 0.2) is 6.61 Å². The minimum absolute atomic E-state index is 0.126. The second-order valence-corrected chi connectivity index (χ2v) is 4.49. The summed E-state index contributed by atoms with van der Waals surface area (Å²) in [6.45, 7) is 0.538. The molecule has 0 atom stereocenters. The fourth-order valence-electron chi connectivity index (χ4n) is 1.84. The Kier molecular flexibility index (Phi) is 5.04. The Bertz CT molecular complexity index is 614. The van der Waals surface area contributed by atoms with Crippen LogP contribution in [0.3, 0.4) is 0 Å². The van der Waals surface area contributed by atoms with Gasteiger partial charge in [-0.3, -0.25) is 4.79 Å². The molecule has 110 valence electrons. The van der Waals surface area contributed by atoms with Gasteiger partial charge < -0.3 is 20.5 Å². The molecule has 21 heavy (non-hydrogen) atoms. The number of hydrogen-bond donors (Lipinski definition) is 2. The predicted octanol–water partition coefficient (Wildman–Crippen LogP) is 2.17. The minimum atomic E-state index is -0.496. The van der Waals surface area contributed by atoms with Crippen LogP contribution in [-0.2, 0) is 11.3 Å². The Balaban J connectivity index is 1.96. The van der Waals surface area contributed by atoms with Crippen LogP contribution in [0.5, 0.6) is 11.5 Å². The second kappa shape index (κ2) is 7.19. The molecular formula is C16H18N2O3. The predicted molar refractivity (Wildman–Crippen MR) is 81.5 cm³/mol. The molecule has 0 aliphatic heterocycles. The molecule has 2 rings (SSSR count). The third-order valence-corrected chi connectivity index (χ3v) is 2.85. The Morgan fingerprint density at radius 1 is 1.14 bits per heavy atom. The first-order chi connectivity index (χ1) is 10.2. The molecule has 0 unspecified atom stereocenters. The van der Waals surface area contributed by atoms with Crippen LogP contribution in [0.15, 0.2) is 48.5 Å². The van der Waals surface area contributed by atoms with Gasteiger partial charge in [-0.05, 0) is 29.8 Å². The van der Waals surface area contributed by atoms with Gasteiger partial charge in [0, 0.05) is 18.3 Å². The number of methoxy groups -OCH3 is 1. The summed E-state index contributed by atoms with van der Waals surface area (Å²) in [5.74, 6) is 0.932. The maximum absolute atomic E-state index is 10.7. The third kappa shape index (κ3) is 4.72. The lowest BCUT2D eigenvalue weighted by Crippen LogP contribution is -2.20. The zero-order chi connectivity index (χ0) is 15.1. The molecule has 0 spiro atoms. The standard InChI is InChI=1S/C16H18N2O3/c1-20-14-6-2-4-12(8-14)10-18-13-5-3-7-15(9-13)21-11-16(17)19/h2-9,18H,10-11H2,1H3,(H2,17,19). The number of benzene rings is 2. The van der Waals surface area contributed by atoms with Crippen LogP contribution in [0.1, 0.15) is 5.56 Å². The molecule has 0 fully saturated rings. The molecule has 0 aliphatic rings. The number of carbonyl (C=O) groups is 1. The zero-order valence-corrected chi connectivity index (χ0v) is 11.8. The van der Waals surface area contributed by atoms with E-state index in [1.165, 1.54) is 0 Å². The number of primary amides is 1. The number of nitrogens with one attached hydrogen (secondary N) is 1. The molecule has 0 aromatic heterocycles. The number of anilines is 1. The molecule has 0 aliphatic carbocycles. The summed E-state index contributed by atoms with van der Waals surface area (Å²) in [5.41, 5.74) is 7.06. The Morgan fingerprint density at radius 3 is 2.67 bits per heavy atom. The molecule has 0 bridgehead atoms. The summed E-state index contributed by atoms with van der Waals surface area (Å²) in [4.78, 5) is 10.7. The van der Waals surface area contributed by atoms with Gasteiger partial charge in [0.25, 0.3) is 5.91 Å². The SMILES string of the molecule is COc1cccc(CNc2cccc(OCC(N)=O)c2)c1. The average molecular weight is 286 g/mol. The lowest BCUT2D eigenvalue weighted by atomic mass is 10.2. The number of ether oxygens (including phenoxy) is 2. The van der Waals surface area contributed by atoms with Crippen LogP contribution in [0.4, 0.5) is 5.69 Å². The summed E-state index contributed by atoms with van der Waals surface area (Å²) in [6, 6.07) is 15.2. The van der Waals surface area contributed by atoms with Gasteiger partial charge in [-0.1, -0.05) is 18.2 Å². The van der Waals surface area contributed by atoms with Gasteiger partial charge in [0.1, 0.15) is 11.5 Å². The molecule has 2 aromatic rings. The van der Waals surface area contributed by atoms with Crippen LogP contribution >= 0.6 is 0 Å². The van der Waals surface area contributed by atoms with Gasteiger partial charge in [0.2, 0.25) is 0 Å². The number of hydrogen-bond acceptors (Lipinski definition) is 4. The number of nitrogens with two attached hydrogens (primary N) is 1. The normalized spacial score (nSPS) is 9.95. The van der Waals surface area contributed by atoms with Crippen LogP contribution in [0.2, 0.25) is 0 Å². The second-order valence-electron chi connectivity index (χ2n) is 4.49. The van der Waals surface area contributed by atoms with E-state index in [-0.39, 0.29) is 6.61 Å². The van der Waals surface area contributed by atoms with Crippen LogP contribution in [-0.4, -0.2) is 19.6 Å². The highest BCUT2D eigenvalue weighted by atomic mass is 16.5. The molecule has 0 saturated carbocycles. The van der Waals surface area contributed by atoms with Crippen molar-refractivity contribution in [1.82, 2.24) is 0 Å². The number of rotatable bonds is 7. The van der Waals surface area contributed by atoms with Crippen molar-refractivity contribution in [2.75, 3.05) is 19.0 Å². The molecule has 3 N–H and O–H groups in total. The lowest BCUT2D eigenvalue weighted by Gasteiger charge is -2.10. The molecule has 5 nitrogen and oxygen atoms in total. The largest absolute Gasteiger partial charge is 0.497 e. The van der Waals surface area contributed by atoms with E-state index in [2.05, 4.69) is 5.32 Å². The highest BCUT2D eigenvalue weighted by molar-refractivity contribution is 5.75. The van der Waals surface area contributed by atoms with Crippen molar-refractivity contribution in [2.24, 2.45) is 5.73 Å². The maximum atomic E-state index is 10.7. The highest BCUT2D eigenvalue weighted by Gasteiger charge is 2.00. The van der Waals surface area contributed by atoms with Gasteiger partial charge in [-0.15, -0.1) is 0 Å². The summed E-state index contributed by atoms with van der Waals surface area (Å²) in [6.07, 6.45) is 0. The highest BCUT2D eigenvalue weighted by Crippen LogP contribution is 2.19. The van der Waals surface area contributed by atoms with Crippen molar-refractivity contribution in [1.29, 1.82) is 0 Å². The molecule has 1 amide bonds. The van der Waals surface area contributed by atoms with E-state index < -0.39 is 5.91 Å². The van der Waals surface area contributed by atoms with Crippen molar-refractivity contribution in [3.63, 3.8) is 0 Å². The maximum Gasteiger partial charge on any atom is 0.255 e. The molecule has 0 saturated heterocycles. The van der Waals surface area contributed by atoms with Gasteiger partial charge >= 0.3 is 0 Å². The average Bonchev–Trinajstić information content (AvgIpc) is 2.51. The van der Waals surface area contributed by atoms with Crippen molar-refractivity contribution in [3.8, 4) is 11.5 Å². The Morgan fingerprint density at radius 2 is 1.90 bits per heavy atom. The zero-order valence-electron chi connectivity index (χ0n) is 11.8. The minimum Gasteiger partial charge on any atom is -0.497 e. The van der Waals surface area contributed by atoms with Gasteiger partial charge in [-0.2, -0.15) is 0 Å². The van der Waals surface area contributed by atoms with E-state index >= 15 is 0 Å². The van der Waals surface area contributed by atoms with Crippen molar-refractivity contribution in [3.05, 3.63) is 54.1 Å². The van der Waals surface area contributed by atoms with E-state index in [1.807, 2.05) is 42.5 Å². The van der Waals surface area contributed by atoms with Gasteiger partial charge in [-0.25, -0.2) is 0 Å². The van der Waals surface area contributed by atoms with Crippen LogP contribution in [0.25, 0.3) is 0 Å². The fourth-order valence-corrected chi connectivity index (χ4v) is 1.84. The number of carbonyl (C=O) groups excluding carboxylic acids is 1. The number of amides is 1. The van der Waals surface area contributed by atoms with Crippen LogP contribution < -0.4 is 20.5 Å². The Hall–Kier alpha value is -2.69. The van der Waals surface area contributed by atoms with Crippen molar-refractivity contribution < 1.29 is 14.3 Å². The topological polar surface area (TPSA) is 73.6 Å². The van der Waals surface area contributed by atoms with E-state index in [0.29, 0.717) is 12.3 Å². The first kappa shape index (κ1) is 14.7. The lowest BCUT2D eigenvalue weighted by molar-refractivity contribution is -0.119. The fraction of sp³-hybridized carbons (Fsp3) is 0.188. The first-order valence-electron chi connectivity index (χ1n) is 6.55. The summed E-state index contributed by atoms with van der Waals surface area (Å²) in [7, 11) is 1.64. The molecule has 0 radical (unpaired) electrons. The van der Waals surface area contributed by atoms with Crippen molar-refractivity contribution >= 4 is 11.6 Å². The van der Waals surface area contributed by atoms with E-state index in [0.717, 1.165) is 17.0 Å². The Labute approximate surface area is 123 Å². The monoisotopic (exact) mass is 286 g/mol. The smallest absolute Gasteiger partial charge is 0.255 e. The van der Waals surface area contributed by atoms with Crippen LogP contribution in [0, 0.1) is 0 Å². The molecule has 2 aromatic carbocycles. The van der Waals surface area contributed by atoms with Crippen molar-refractivity contribution in [2.45, 2.75) is 6.54 Å². The summed E-state index contributed by atoms with van der Waals surface area (Å²) in [5, 5.41) is 3.29. The molecule has 0 heterocycles. The third-order valence-electron chi connectivity index (χ3n) is 2.85. The molecular weight excluding hydrogens is 268 g/mol. The van der Waals surface area contributed by atoms with E-state index in [1.54, 1.807) is 13.2 Å². The molecule has 5 heteroatoms. The summed E-state index contributed by atoms with van der Waals surface area (Å²) < 4.78 is 10.5.